The van der Waals surface area contributed by atoms with Crippen molar-refractivity contribution in [1.82, 2.24) is 9.97 Å². The molecule has 0 N–H and O–H groups in total. The van der Waals surface area contributed by atoms with Crippen LogP contribution in [0.15, 0.2) is 103 Å². The lowest BCUT2D eigenvalue weighted by Crippen LogP contribution is -2.01. The zero-order chi connectivity index (χ0) is 22.8. The first-order valence-electron chi connectivity index (χ1n) is 11.0. The lowest BCUT2D eigenvalue weighted by Gasteiger charge is -2.21. The molecule has 0 saturated heterocycles. The number of hydrogen-bond acceptors (Lipinski definition) is 2. The largest absolute Gasteiger partial charge is 0.256 e. The summed E-state index contributed by atoms with van der Waals surface area (Å²) < 4.78 is 0. The van der Waals surface area contributed by atoms with Crippen LogP contribution >= 0.6 is 11.6 Å². The van der Waals surface area contributed by atoms with Crippen LogP contribution in [0.25, 0.3) is 44.9 Å². The van der Waals surface area contributed by atoms with Crippen LogP contribution in [0.5, 0.6) is 0 Å². The molecule has 0 fully saturated rings. The van der Waals surface area contributed by atoms with Crippen LogP contribution < -0.4 is 0 Å². The number of halogens is 1. The Morgan fingerprint density at radius 2 is 1.21 bits per heavy atom. The molecular formula is C30H23ClN2. The van der Waals surface area contributed by atoms with Gasteiger partial charge in [-0.25, -0.2) is 4.98 Å². The number of aromatic nitrogens is 2. The lowest BCUT2D eigenvalue weighted by molar-refractivity contribution is 1.24. The molecule has 2 aromatic heterocycles. The van der Waals surface area contributed by atoms with E-state index < -0.39 is 0 Å². The Kier molecular flexibility index (Phi) is 5.77. The summed E-state index contributed by atoms with van der Waals surface area (Å²) in [5.74, 6) is 0. The molecule has 5 aromatic rings. The van der Waals surface area contributed by atoms with Gasteiger partial charge in [-0.05, 0) is 54.8 Å². The quantitative estimate of drug-likeness (QED) is 0.277. The molecule has 0 spiro atoms. The first-order valence-corrected chi connectivity index (χ1v) is 11.3. The Bertz CT molecular complexity index is 1390. The molecule has 5 rings (SSSR count). The summed E-state index contributed by atoms with van der Waals surface area (Å²) >= 11 is 6.24. The number of hydrogen-bond donors (Lipinski definition) is 0. The Labute approximate surface area is 199 Å². The molecule has 0 atom stereocenters. The Morgan fingerprint density at radius 3 is 1.88 bits per heavy atom. The van der Waals surface area contributed by atoms with E-state index in [1.54, 1.807) is 0 Å². The van der Waals surface area contributed by atoms with Gasteiger partial charge in [-0.2, -0.15) is 0 Å². The van der Waals surface area contributed by atoms with Crippen molar-refractivity contribution in [3.63, 3.8) is 0 Å². The van der Waals surface area contributed by atoms with Crippen LogP contribution in [0.2, 0.25) is 5.02 Å². The minimum atomic E-state index is 0.715. The fourth-order valence-electron chi connectivity index (χ4n) is 4.21. The van der Waals surface area contributed by atoms with Crippen molar-refractivity contribution in [2.75, 3.05) is 0 Å². The van der Waals surface area contributed by atoms with Crippen molar-refractivity contribution in [2.24, 2.45) is 0 Å². The zero-order valence-corrected chi connectivity index (χ0v) is 19.3. The van der Waals surface area contributed by atoms with E-state index in [4.69, 9.17) is 21.6 Å². The maximum Gasteiger partial charge on any atom is 0.0810 e. The molecule has 0 bridgehead atoms. The van der Waals surface area contributed by atoms with Gasteiger partial charge in [0.05, 0.1) is 17.1 Å². The number of benzene rings is 3. The standard InChI is InChI=1S/C30H23ClN2/c1-20-11-13-24(14-12-20)30-28(26-10-6-7-19-32-26)27(22-15-17-25(31)18-16-22)21(2)29(33-30)23-8-4-3-5-9-23/h3-19H,1-2H3. The van der Waals surface area contributed by atoms with Crippen molar-refractivity contribution in [3.05, 3.63) is 119 Å². The van der Waals surface area contributed by atoms with Gasteiger partial charge in [0.15, 0.2) is 0 Å². The summed E-state index contributed by atoms with van der Waals surface area (Å²) in [4.78, 5) is 9.99. The number of rotatable bonds is 4. The number of aryl methyl sites for hydroxylation is 1. The summed E-state index contributed by atoms with van der Waals surface area (Å²) in [5, 5.41) is 0.715. The van der Waals surface area contributed by atoms with Crippen LogP contribution in [-0.2, 0) is 0 Å². The highest BCUT2D eigenvalue weighted by Crippen LogP contribution is 2.43. The van der Waals surface area contributed by atoms with Crippen molar-refractivity contribution >= 4 is 11.6 Å². The van der Waals surface area contributed by atoms with Gasteiger partial charge in [-0.3, -0.25) is 4.98 Å². The van der Waals surface area contributed by atoms with E-state index in [1.807, 2.05) is 36.5 Å². The van der Waals surface area contributed by atoms with Crippen LogP contribution in [-0.4, -0.2) is 9.97 Å². The second-order valence-corrected chi connectivity index (χ2v) is 8.57. The molecule has 0 aliphatic rings. The molecule has 2 nitrogen and oxygen atoms in total. The average Bonchev–Trinajstić information content (AvgIpc) is 2.86. The van der Waals surface area contributed by atoms with E-state index in [-0.39, 0.29) is 0 Å². The monoisotopic (exact) mass is 446 g/mol. The Balaban J connectivity index is 1.92. The molecule has 0 amide bonds. The minimum absolute atomic E-state index is 0.715. The van der Waals surface area contributed by atoms with Gasteiger partial charge in [0.1, 0.15) is 0 Å². The molecule has 3 heteroatoms. The van der Waals surface area contributed by atoms with Gasteiger partial charge in [0.2, 0.25) is 0 Å². The minimum Gasteiger partial charge on any atom is -0.256 e. The van der Waals surface area contributed by atoms with Crippen LogP contribution in [0.3, 0.4) is 0 Å². The molecule has 33 heavy (non-hydrogen) atoms. The van der Waals surface area contributed by atoms with E-state index in [1.165, 1.54) is 5.56 Å². The topological polar surface area (TPSA) is 25.8 Å². The number of pyridine rings is 2. The van der Waals surface area contributed by atoms with Crippen molar-refractivity contribution in [1.29, 1.82) is 0 Å². The third-order valence-corrected chi connectivity index (χ3v) is 6.12. The first kappa shape index (κ1) is 21.1. The second-order valence-electron chi connectivity index (χ2n) is 8.14. The maximum atomic E-state index is 6.24. The summed E-state index contributed by atoms with van der Waals surface area (Å²) in [6.07, 6.45) is 1.83. The molecule has 3 aromatic carbocycles. The normalized spacial score (nSPS) is 10.9. The average molecular weight is 447 g/mol. The van der Waals surface area contributed by atoms with Crippen LogP contribution in [0, 0.1) is 13.8 Å². The fourth-order valence-corrected chi connectivity index (χ4v) is 4.34. The zero-order valence-electron chi connectivity index (χ0n) is 18.6. The number of nitrogens with zero attached hydrogens (tertiary/aromatic N) is 2. The van der Waals surface area contributed by atoms with E-state index >= 15 is 0 Å². The summed E-state index contributed by atoms with van der Waals surface area (Å²) in [6, 6.07) is 32.9. The van der Waals surface area contributed by atoms with Crippen molar-refractivity contribution in [2.45, 2.75) is 13.8 Å². The molecule has 0 aliphatic carbocycles. The van der Waals surface area contributed by atoms with Gasteiger partial charge in [0, 0.05) is 27.9 Å². The van der Waals surface area contributed by atoms with Gasteiger partial charge in [-0.1, -0.05) is 90.0 Å². The highest BCUT2D eigenvalue weighted by Gasteiger charge is 2.22. The van der Waals surface area contributed by atoms with Gasteiger partial charge in [0.25, 0.3) is 0 Å². The van der Waals surface area contributed by atoms with E-state index in [2.05, 4.69) is 80.6 Å². The van der Waals surface area contributed by atoms with Gasteiger partial charge < -0.3 is 0 Å². The summed E-state index contributed by atoms with van der Waals surface area (Å²) in [6.45, 7) is 4.24. The Hall–Kier alpha value is -3.75. The van der Waals surface area contributed by atoms with E-state index in [9.17, 15) is 0 Å². The van der Waals surface area contributed by atoms with E-state index in [0.717, 1.165) is 50.5 Å². The molecule has 0 saturated carbocycles. The Morgan fingerprint density at radius 1 is 0.576 bits per heavy atom. The highest BCUT2D eigenvalue weighted by atomic mass is 35.5. The third-order valence-electron chi connectivity index (χ3n) is 5.87. The predicted octanol–water partition coefficient (Wildman–Crippen LogP) is 8.41. The smallest absolute Gasteiger partial charge is 0.0810 e. The molecule has 160 valence electrons. The third kappa shape index (κ3) is 4.18. The summed E-state index contributed by atoms with van der Waals surface area (Å²) in [5.41, 5.74) is 10.5. The van der Waals surface area contributed by atoms with Crippen molar-refractivity contribution < 1.29 is 0 Å². The maximum absolute atomic E-state index is 6.24. The summed E-state index contributed by atoms with van der Waals surface area (Å²) in [7, 11) is 0. The van der Waals surface area contributed by atoms with Crippen LogP contribution in [0.4, 0.5) is 0 Å². The SMILES string of the molecule is Cc1ccc(-c2nc(-c3ccccc3)c(C)c(-c3ccc(Cl)cc3)c2-c2ccccn2)cc1. The first-order chi connectivity index (χ1) is 16.1. The fraction of sp³-hybridized carbons (Fsp3) is 0.0667. The molecule has 2 heterocycles. The highest BCUT2D eigenvalue weighted by molar-refractivity contribution is 6.30. The van der Waals surface area contributed by atoms with Gasteiger partial charge >= 0.3 is 0 Å². The predicted molar refractivity (Wildman–Crippen MR) is 138 cm³/mol. The molecule has 0 unspecified atom stereocenters. The van der Waals surface area contributed by atoms with Gasteiger partial charge in [-0.15, -0.1) is 0 Å². The molecule has 0 radical (unpaired) electrons. The van der Waals surface area contributed by atoms with Crippen LogP contribution in [0.1, 0.15) is 11.1 Å². The van der Waals surface area contributed by atoms with E-state index in [0.29, 0.717) is 5.02 Å². The molecular weight excluding hydrogens is 424 g/mol. The second kappa shape index (κ2) is 9.01. The lowest BCUT2D eigenvalue weighted by atomic mass is 9.87. The molecule has 0 aliphatic heterocycles. The van der Waals surface area contributed by atoms with Crippen molar-refractivity contribution in [3.8, 4) is 44.9 Å².